The highest BCUT2D eigenvalue weighted by atomic mass is 35.5. The minimum Gasteiger partial charge on any atom is -0.352 e. The molecule has 0 aliphatic rings. The van der Waals surface area contributed by atoms with E-state index in [1.54, 1.807) is 25.1 Å². The zero-order valence-electron chi connectivity index (χ0n) is 11.8. The number of nitrogens with two attached hydrogens (primary N) is 1. The van der Waals surface area contributed by atoms with Crippen molar-refractivity contribution in [1.82, 2.24) is 10.6 Å². The van der Waals surface area contributed by atoms with E-state index in [0.29, 0.717) is 18.7 Å². The van der Waals surface area contributed by atoms with Gasteiger partial charge >= 0.3 is 0 Å². The van der Waals surface area contributed by atoms with E-state index in [1.165, 1.54) is 0 Å². The van der Waals surface area contributed by atoms with Crippen molar-refractivity contribution in [1.29, 1.82) is 0 Å². The molecule has 0 aliphatic heterocycles. The predicted molar refractivity (Wildman–Crippen MR) is 81.8 cm³/mol. The molecule has 112 valence electrons. The number of halogens is 1. The number of rotatable bonds is 6. The van der Waals surface area contributed by atoms with Gasteiger partial charge in [-0.15, -0.1) is 12.4 Å². The van der Waals surface area contributed by atoms with Crippen molar-refractivity contribution in [3.8, 4) is 0 Å². The average Bonchev–Trinajstić information content (AvgIpc) is 2.42. The van der Waals surface area contributed by atoms with Crippen LogP contribution in [0.2, 0.25) is 0 Å². The Morgan fingerprint density at radius 2 is 2.00 bits per heavy atom. The summed E-state index contributed by atoms with van der Waals surface area (Å²) in [5, 5.41) is 5.52. The molecule has 0 unspecified atom stereocenters. The van der Waals surface area contributed by atoms with Crippen LogP contribution in [0, 0.1) is 0 Å². The first kappa shape index (κ1) is 18.4. The van der Waals surface area contributed by atoms with Crippen molar-refractivity contribution in [2.75, 3.05) is 6.54 Å². The summed E-state index contributed by atoms with van der Waals surface area (Å²) >= 11 is 0. The Hall–Kier alpha value is -1.59. The van der Waals surface area contributed by atoms with Crippen molar-refractivity contribution in [2.45, 2.75) is 32.9 Å². The van der Waals surface area contributed by atoms with E-state index >= 15 is 0 Å². The standard InChI is InChI=1S/C14H21N3O2.ClH/c1-3-7-16-14(19)12-6-4-5-11(8-12)9-17-13(18)10(2)15;/h4-6,8,10H,3,7,9,15H2,1-2H3,(H,16,19)(H,17,18);1H/t10-;/m0./s1. The second-order valence-electron chi connectivity index (χ2n) is 4.46. The maximum Gasteiger partial charge on any atom is 0.251 e. The molecule has 4 N–H and O–H groups in total. The number of nitrogens with one attached hydrogen (secondary N) is 2. The number of benzene rings is 1. The number of amides is 2. The van der Waals surface area contributed by atoms with E-state index in [9.17, 15) is 9.59 Å². The van der Waals surface area contributed by atoms with Crippen molar-refractivity contribution in [2.24, 2.45) is 5.73 Å². The highest BCUT2D eigenvalue weighted by Gasteiger charge is 2.08. The van der Waals surface area contributed by atoms with Crippen LogP contribution in [0.25, 0.3) is 0 Å². The van der Waals surface area contributed by atoms with Gasteiger partial charge in [0.25, 0.3) is 5.91 Å². The summed E-state index contributed by atoms with van der Waals surface area (Å²) in [5.74, 6) is -0.303. The van der Waals surface area contributed by atoms with Gasteiger partial charge in [-0.25, -0.2) is 0 Å². The van der Waals surface area contributed by atoms with Gasteiger partial charge in [-0.2, -0.15) is 0 Å². The van der Waals surface area contributed by atoms with E-state index in [0.717, 1.165) is 12.0 Å². The maximum absolute atomic E-state index is 11.8. The van der Waals surface area contributed by atoms with Gasteiger partial charge in [-0.05, 0) is 31.0 Å². The lowest BCUT2D eigenvalue weighted by Crippen LogP contribution is -2.37. The molecule has 1 aromatic carbocycles. The van der Waals surface area contributed by atoms with Crippen molar-refractivity contribution in [3.05, 3.63) is 35.4 Å². The van der Waals surface area contributed by atoms with Crippen LogP contribution in [-0.2, 0) is 11.3 Å². The molecule has 1 aromatic rings. The highest BCUT2D eigenvalue weighted by molar-refractivity contribution is 5.94. The van der Waals surface area contributed by atoms with Crippen LogP contribution >= 0.6 is 12.4 Å². The van der Waals surface area contributed by atoms with E-state index in [1.807, 2.05) is 13.0 Å². The summed E-state index contributed by atoms with van der Waals surface area (Å²) in [5.41, 5.74) is 6.93. The monoisotopic (exact) mass is 299 g/mol. The molecule has 0 heterocycles. The second kappa shape index (κ2) is 9.34. The average molecular weight is 300 g/mol. The van der Waals surface area contributed by atoms with Gasteiger partial charge in [0.05, 0.1) is 6.04 Å². The minimum atomic E-state index is -0.531. The van der Waals surface area contributed by atoms with Crippen LogP contribution in [0.15, 0.2) is 24.3 Å². The topological polar surface area (TPSA) is 84.2 Å². The van der Waals surface area contributed by atoms with Crippen molar-refractivity contribution in [3.63, 3.8) is 0 Å². The molecule has 0 bridgehead atoms. The molecule has 1 rings (SSSR count). The molecule has 20 heavy (non-hydrogen) atoms. The number of hydrogen-bond acceptors (Lipinski definition) is 3. The summed E-state index contributed by atoms with van der Waals surface area (Å²) in [7, 11) is 0. The van der Waals surface area contributed by atoms with Crippen LogP contribution in [0.1, 0.15) is 36.2 Å². The first-order chi connectivity index (χ1) is 9.04. The lowest BCUT2D eigenvalue weighted by Gasteiger charge is -2.09. The SMILES string of the molecule is CCCNC(=O)c1cccc(CNC(=O)[C@H](C)N)c1.Cl. The first-order valence-corrected chi connectivity index (χ1v) is 6.45. The van der Waals surface area contributed by atoms with Gasteiger partial charge in [0.2, 0.25) is 5.91 Å². The fourth-order valence-electron chi connectivity index (χ4n) is 1.51. The maximum atomic E-state index is 11.8. The molecule has 0 spiro atoms. The first-order valence-electron chi connectivity index (χ1n) is 6.45. The van der Waals surface area contributed by atoms with Gasteiger partial charge in [0, 0.05) is 18.7 Å². The molecule has 0 aromatic heterocycles. The Morgan fingerprint density at radius 3 is 2.60 bits per heavy atom. The fraction of sp³-hybridized carbons (Fsp3) is 0.429. The summed E-state index contributed by atoms with van der Waals surface area (Å²) < 4.78 is 0. The molecule has 0 saturated heterocycles. The minimum absolute atomic E-state index is 0. The van der Waals surface area contributed by atoms with E-state index < -0.39 is 6.04 Å². The third kappa shape index (κ3) is 6.04. The van der Waals surface area contributed by atoms with Crippen molar-refractivity contribution >= 4 is 24.2 Å². The van der Waals surface area contributed by atoms with E-state index in [2.05, 4.69) is 10.6 Å². The summed E-state index contributed by atoms with van der Waals surface area (Å²) in [6, 6.07) is 6.65. The van der Waals surface area contributed by atoms with Gasteiger partial charge in [0.1, 0.15) is 0 Å². The van der Waals surface area contributed by atoms with Gasteiger partial charge in [-0.1, -0.05) is 19.1 Å². The molecular formula is C14H22ClN3O2. The fourth-order valence-corrected chi connectivity index (χ4v) is 1.51. The zero-order chi connectivity index (χ0) is 14.3. The molecule has 6 heteroatoms. The molecule has 0 fully saturated rings. The normalized spacial score (nSPS) is 11.2. The second-order valence-corrected chi connectivity index (χ2v) is 4.46. The third-order valence-corrected chi connectivity index (χ3v) is 2.61. The summed E-state index contributed by atoms with van der Waals surface area (Å²) in [6.45, 7) is 4.66. The smallest absolute Gasteiger partial charge is 0.251 e. The van der Waals surface area contributed by atoms with Crippen LogP contribution in [0.4, 0.5) is 0 Å². The van der Waals surface area contributed by atoms with Crippen LogP contribution < -0.4 is 16.4 Å². The summed E-state index contributed by atoms with van der Waals surface area (Å²) in [4.78, 5) is 23.1. The largest absolute Gasteiger partial charge is 0.352 e. The Labute approximate surface area is 125 Å². The molecular weight excluding hydrogens is 278 g/mol. The Bertz CT molecular complexity index is 450. The van der Waals surface area contributed by atoms with Gasteiger partial charge in [0.15, 0.2) is 0 Å². The Kier molecular flexibility index (Phi) is 8.59. The van der Waals surface area contributed by atoms with Crippen molar-refractivity contribution < 1.29 is 9.59 Å². The zero-order valence-corrected chi connectivity index (χ0v) is 12.6. The van der Waals surface area contributed by atoms with Crippen LogP contribution in [-0.4, -0.2) is 24.4 Å². The van der Waals surface area contributed by atoms with Crippen LogP contribution in [0.5, 0.6) is 0 Å². The predicted octanol–water partition coefficient (Wildman–Crippen LogP) is 1.21. The lowest BCUT2D eigenvalue weighted by molar-refractivity contribution is -0.122. The molecule has 0 saturated carbocycles. The number of hydrogen-bond donors (Lipinski definition) is 3. The lowest BCUT2D eigenvalue weighted by atomic mass is 10.1. The molecule has 5 nitrogen and oxygen atoms in total. The van der Waals surface area contributed by atoms with Gasteiger partial charge < -0.3 is 16.4 Å². The Morgan fingerprint density at radius 1 is 1.30 bits per heavy atom. The molecule has 0 radical (unpaired) electrons. The van der Waals surface area contributed by atoms with Gasteiger partial charge in [-0.3, -0.25) is 9.59 Å². The molecule has 0 aliphatic carbocycles. The Balaban J connectivity index is 0.00000361. The van der Waals surface area contributed by atoms with Crippen LogP contribution in [0.3, 0.4) is 0 Å². The molecule has 2 amide bonds. The number of carbonyl (C=O) groups excluding carboxylic acids is 2. The van der Waals surface area contributed by atoms with E-state index in [4.69, 9.17) is 5.73 Å². The highest BCUT2D eigenvalue weighted by Crippen LogP contribution is 2.05. The quantitative estimate of drug-likeness (QED) is 0.738. The number of carbonyl (C=O) groups is 2. The third-order valence-electron chi connectivity index (χ3n) is 2.61. The van der Waals surface area contributed by atoms with E-state index in [-0.39, 0.29) is 24.2 Å². The summed E-state index contributed by atoms with van der Waals surface area (Å²) in [6.07, 6.45) is 0.899. The molecule has 1 atom stereocenters.